The number of likely N-dealkylation sites (tertiary alicyclic amines) is 1. The fourth-order valence-electron chi connectivity index (χ4n) is 2.63. The summed E-state index contributed by atoms with van der Waals surface area (Å²) in [4.78, 5) is 2.57. The first-order valence-corrected chi connectivity index (χ1v) is 7.92. The summed E-state index contributed by atoms with van der Waals surface area (Å²) in [6, 6.07) is 8.38. The fraction of sp³-hybridized carbons (Fsp3) is 0.647. The molecule has 0 atom stereocenters. The van der Waals surface area contributed by atoms with Gasteiger partial charge in [-0.15, -0.1) is 0 Å². The maximum absolute atomic E-state index is 5.45. The predicted octanol–water partition coefficient (Wildman–Crippen LogP) is 2.91. The summed E-state index contributed by atoms with van der Waals surface area (Å²) in [5, 5.41) is 3.53. The van der Waals surface area contributed by atoms with Crippen LogP contribution in [0.2, 0.25) is 0 Å². The van der Waals surface area contributed by atoms with Gasteiger partial charge >= 0.3 is 0 Å². The van der Waals surface area contributed by atoms with Crippen LogP contribution in [0.5, 0.6) is 5.75 Å². The van der Waals surface area contributed by atoms with E-state index in [9.17, 15) is 0 Å². The lowest BCUT2D eigenvalue weighted by molar-refractivity contribution is 0.193. The Morgan fingerprint density at radius 1 is 1.20 bits per heavy atom. The van der Waals surface area contributed by atoms with Crippen molar-refractivity contribution in [2.45, 2.75) is 33.2 Å². The monoisotopic (exact) mass is 276 g/mol. The Kier molecular flexibility index (Phi) is 6.34. The van der Waals surface area contributed by atoms with E-state index in [0.29, 0.717) is 0 Å². The van der Waals surface area contributed by atoms with Gasteiger partial charge in [0.15, 0.2) is 0 Å². The summed E-state index contributed by atoms with van der Waals surface area (Å²) in [6.45, 7) is 10.8. The molecule has 0 aliphatic carbocycles. The van der Waals surface area contributed by atoms with Crippen molar-refractivity contribution in [2.24, 2.45) is 5.92 Å². The Hall–Kier alpha value is -1.06. The van der Waals surface area contributed by atoms with Crippen LogP contribution in [0.4, 0.5) is 0 Å². The Morgan fingerprint density at radius 2 is 1.90 bits per heavy atom. The lowest BCUT2D eigenvalue weighted by atomic mass is 9.99. The SMILES string of the molecule is CCOc1ccc(CNCCN2CCC(C)CC2)cc1. The van der Waals surface area contributed by atoms with E-state index in [4.69, 9.17) is 4.74 Å². The van der Waals surface area contributed by atoms with Gasteiger partial charge in [-0.2, -0.15) is 0 Å². The van der Waals surface area contributed by atoms with Gasteiger partial charge in [0.2, 0.25) is 0 Å². The van der Waals surface area contributed by atoms with E-state index in [-0.39, 0.29) is 0 Å². The minimum Gasteiger partial charge on any atom is -0.494 e. The van der Waals surface area contributed by atoms with E-state index in [2.05, 4.69) is 29.3 Å². The quantitative estimate of drug-likeness (QED) is 0.775. The largest absolute Gasteiger partial charge is 0.494 e. The molecule has 1 fully saturated rings. The number of hydrogen-bond acceptors (Lipinski definition) is 3. The van der Waals surface area contributed by atoms with E-state index in [1.807, 2.05) is 19.1 Å². The zero-order valence-electron chi connectivity index (χ0n) is 12.9. The van der Waals surface area contributed by atoms with Gasteiger partial charge in [0.05, 0.1) is 6.61 Å². The van der Waals surface area contributed by atoms with E-state index in [1.165, 1.54) is 38.0 Å². The molecule has 0 bridgehead atoms. The second kappa shape index (κ2) is 8.28. The van der Waals surface area contributed by atoms with Crippen molar-refractivity contribution in [3.63, 3.8) is 0 Å². The molecule has 3 nitrogen and oxygen atoms in total. The second-order valence-corrected chi connectivity index (χ2v) is 5.78. The van der Waals surface area contributed by atoms with Crippen LogP contribution in [-0.2, 0) is 6.54 Å². The molecular formula is C17H28N2O. The van der Waals surface area contributed by atoms with Crippen molar-refractivity contribution in [3.8, 4) is 5.75 Å². The van der Waals surface area contributed by atoms with Crippen LogP contribution in [-0.4, -0.2) is 37.7 Å². The van der Waals surface area contributed by atoms with Gasteiger partial charge in [0.1, 0.15) is 5.75 Å². The smallest absolute Gasteiger partial charge is 0.119 e. The third-order valence-electron chi connectivity index (χ3n) is 4.04. The van der Waals surface area contributed by atoms with Crippen LogP contribution in [0.15, 0.2) is 24.3 Å². The molecule has 112 valence electrons. The van der Waals surface area contributed by atoms with Gasteiger partial charge in [-0.05, 0) is 56.5 Å². The molecule has 0 radical (unpaired) electrons. The molecule has 1 aliphatic heterocycles. The molecule has 20 heavy (non-hydrogen) atoms. The molecule has 1 heterocycles. The number of nitrogens with zero attached hydrogens (tertiary/aromatic N) is 1. The van der Waals surface area contributed by atoms with Gasteiger partial charge in [-0.25, -0.2) is 0 Å². The minimum absolute atomic E-state index is 0.728. The predicted molar refractivity (Wildman–Crippen MR) is 84.2 cm³/mol. The molecule has 3 heteroatoms. The average Bonchev–Trinajstić information content (AvgIpc) is 2.47. The van der Waals surface area contributed by atoms with E-state index in [1.54, 1.807) is 0 Å². The molecule has 1 aromatic carbocycles. The van der Waals surface area contributed by atoms with Crippen LogP contribution < -0.4 is 10.1 Å². The Morgan fingerprint density at radius 3 is 2.55 bits per heavy atom. The van der Waals surface area contributed by atoms with Crippen LogP contribution in [0.25, 0.3) is 0 Å². The first-order chi connectivity index (χ1) is 9.78. The molecule has 1 saturated heterocycles. The van der Waals surface area contributed by atoms with Crippen molar-refractivity contribution in [1.82, 2.24) is 10.2 Å². The average molecular weight is 276 g/mol. The van der Waals surface area contributed by atoms with Crippen molar-refractivity contribution < 1.29 is 4.74 Å². The van der Waals surface area contributed by atoms with Crippen molar-refractivity contribution in [2.75, 3.05) is 32.8 Å². The zero-order chi connectivity index (χ0) is 14.2. The molecule has 2 rings (SSSR count). The molecular weight excluding hydrogens is 248 g/mol. The second-order valence-electron chi connectivity index (χ2n) is 5.78. The van der Waals surface area contributed by atoms with E-state index < -0.39 is 0 Å². The lowest BCUT2D eigenvalue weighted by Gasteiger charge is -2.30. The van der Waals surface area contributed by atoms with Crippen LogP contribution >= 0.6 is 0 Å². The highest BCUT2D eigenvalue weighted by Crippen LogP contribution is 2.15. The number of piperidine rings is 1. The summed E-state index contributed by atoms with van der Waals surface area (Å²) in [5.74, 6) is 1.88. The maximum Gasteiger partial charge on any atom is 0.119 e. The number of benzene rings is 1. The van der Waals surface area contributed by atoms with Crippen LogP contribution in [0.3, 0.4) is 0 Å². The van der Waals surface area contributed by atoms with Crippen LogP contribution in [0, 0.1) is 5.92 Å². The molecule has 0 aromatic heterocycles. The highest BCUT2D eigenvalue weighted by atomic mass is 16.5. The van der Waals surface area contributed by atoms with Gasteiger partial charge in [0.25, 0.3) is 0 Å². The van der Waals surface area contributed by atoms with Gasteiger partial charge in [-0.1, -0.05) is 19.1 Å². The molecule has 1 aromatic rings. The normalized spacial score (nSPS) is 17.3. The Labute approximate surface area is 123 Å². The number of rotatable bonds is 7. The van der Waals surface area contributed by atoms with Gasteiger partial charge in [0, 0.05) is 19.6 Å². The standard InChI is InChI=1S/C17H28N2O/c1-3-20-17-6-4-16(5-7-17)14-18-10-13-19-11-8-15(2)9-12-19/h4-7,15,18H,3,8-14H2,1-2H3. The third kappa shape index (κ3) is 5.14. The van der Waals surface area contributed by atoms with Crippen LogP contribution in [0.1, 0.15) is 32.3 Å². The molecule has 0 spiro atoms. The first kappa shape index (κ1) is 15.3. The van der Waals surface area contributed by atoms with E-state index >= 15 is 0 Å². The first-order valence-electron chi connectivity index (χ1n) is 7.92. The zero-order valence-corrected chi connectivity index (χ0v) is 12.9. The summed E-state index contributed by atoms with van der Waals surface area (Å²) in [6.07, 6.45) is 2.72. The summed E-state index contributed by atoms with van der Waals surface area (Å²) in [7, 11) is 0. The van der Waals surface area contributed by atoms with Gasteiger partial charge < -0.3 is 15.0 Å². The molecule has 0 unspecified atom stereocenters. The van der Waals surface area contributed by atoms with Crippen molar-refractivity contribution >= 4 is 0 Å². The molecule has 1 N–H and O–H groups in total. The molecule has 0 amide bonds. The topological polar surface area (TPSA) is 24.5 Å². The lowest BCUT2D eigenvalue weighted by Crippen LogP contribution is -2.37. The summed E-state index contributed by atoms with van der Waals surface area (Å²) >= 11 is 0. The molecule has 0 saturated carbocycles. The molecule has 1 aliphatic rings. The number of ether oxygens (including phenoxy) is 1. The third-order valence-corrected chi connectivity index (χ3v) is 4.04. The summed E-state index contributed by atoms with van der Waals surface area (Å²) in [5.41, 5.74) is 1.32. The number of nitrogens with one attached hydrogen (secondary N) is 1. The van der Waals surface area contributed by atoms with Gasteiger partial charge in [-0.3, -0.25) is 0 Å². The maximum atomic E-state index is 5.45. The number of hydrogen-bond donors (Lipinski definition) is 1. The highest BCUT2D eigenvalue weighted by molar-refractivity contribution is 5.27. The van der Waals surface area contributed by atoms with Crippen molar-refractivity contribution in [3.05, 3.63) is 29.8 Å². The minimum atomic E-state index is 0.728. The Bertz CT molecular complexity index is 369. The Balaban J connectivity index is 1.60. The van der Waals surface area contributed by atoms with E-state index in [0.717, 1.165) is 31.4 Å². The highest BCUT2D eigenvalue weighted by Gasteiger charge is 2.14. The fourth-order valence-corrected chi connectivity index (χ4v) is 2.63. The summed E-state index contributed by atoms with van der Waals surface area (Å²) < 4.78 is 5.45. The van der Waals surface area contributed by atoms with Crippen molar-refractivity contribution in [1.29, 1.82) is 0 Å².